The fraction of sp³-hybridized carbons (Fsp3) is 0.462. The van der Waals surface area contributed by atoms with E-state index < -0.39 is 5.97 Å². The third kappa shape index (κ3) is 1.90. The lowest BCUT2D eigenvalue weighted by atomic mass is 9.91. The van der Waals surface area contributed by atoms with E-state index in [0.29, 0.717) is 11.6 Å². The Morgan fingerprint density at radius 3 is 2.56 bits per heavy atom. The van der Waals surface area contributed by atoms with E-state index in [1.165, 1.54) is 19.3 Å². The van der Waals surface area contributed by atoms with Gasteiger partial charge in [-0.25, -0.2) is 4.79 Å². The van der Waals surface area contributed by atoms with E-state index in [1.54, 1.807) is 12.1 Å². The number of hydrogen-bond acceptors (Lipinski definition) is 2. The van der Waals surface area contributed by atoms with E-state index >= 15 is 0 Å². The maximum absolute atomic E-state index is 10.8. The zero-order valence-electron chi connectivity index (χ0n) is 9.73. The van der Waals surface area contributed by atoms with Crippen LogP contribution in [0.3, 0.4) is 0 Å². The van der Waals surface area contributed by atoms with Gasteiger partial charge in [0.15, 0.2) is 0 Å². The number of rotatable bonds is 3. The van der Waals surface area contributed by atoms with Crippen molar-refractivity contribution in [3.8, 4) is 0 Å². The number of carboxylic acids is 1. The largest absolute Gasteiger partial charge is 0.478 e. The minimum absolute atomic E-state index is 0.364. The van der Waals surface area contributed by atoms with Crippen LogP contribution in [0.2, 0.25) is 0 Å². The van der Waals surface area contributed by atoms with Crippen LogP contribution in [0, 0.1) is 6.92 Å². The standard InChI is InChI=1S/C13H17NO2/c1-9-8-10(13(15)16)6-7-12(9)14(2)11-4-3-5-11/h6-8,11H,3-5H2,1-2H3,(H,15,16). The molecule has 2 rings (SSSR count). The second kappa shape index (κ2) is 4.16. The van der Waals surface area contributed by atoms with Crippen LogP contribution in [0.15, 0.2) is 18.2 Å². The van der Waals surface area contributed by atoms with Crippen molar-refractivity contribution in [2.75, 3.05) is 11.9 Å². The summed E-state index contributed by atoms with van der Waals surface area (Å²) in [5.74, 6) is -0.860. The number of aromatic carboxylic acids is 1. The summed E-state index contributed by atoms with van der Waals surface area (Å²) >= 11 is 0. The summed E-state index contributed by atoms with van der Waals surface area (Å²) in [6.07, 6.45) is 3.80. The van der Waals surface area contributed by atoms with Gasteiger partial charge in [-0.1, -0.05) is 0 Å². The lowest BCUT2D eigenvalue weighted by Crippen LogP contribution is -2.37. The zero-order valence-corrected chi connectivity index (χ0v) is 9.73. The summed E-state index contributed by atoms with van der Waals surface area (Å²) in [4.78, 5) is 13.1. The normalized spacial score (nSPS) is 15.6. The van der Waals surface area contributed by atoms with Gasteiger partial charge in [-0.05, 0) is 49.9 Å². The molecule has 0 spiro atoms. The van der Waals surface area contributed by atoms with Crippen molar-refractivity contribution >= 4 is 11.7 Å². The minimum Gasteiger partial charge on any atom is -0.478 e. The number of anilines is 1. The maximum atomic E-state index is 10.8. The monoisotopic (exact) mass is 219 g/mol. The highest BCUT2D eigenvalue weighted by Crippen LogP contribution is 2.30. The van der Waals surface area contributed by atoms with Crippen LogP contribution < -0.4 is 4.90 Å². The summed E-state index contributed by atoms with van der Waals surface area (Å²) < 4.78 is 0. The van der Waals surface area contributed by atoms with Gasteiger partial charge in [-0.15, -0.1) is 0 Å². The fourth-order valence-electron chi connectivity index (χ4n) is 2.15. The molecule has 0 heterocycles. The van der Waals surface area contributed by atoms with Crippen LogP contribution in [-0.2, 0) is 0 Å². The van der Waals surface area contributed by atoms with Gasteiger partial charge in [0.05, 0.1) is 5.56 Å². The van der Waals surface area contributed by atoms with Crippen LogP contribution in [0.4, 0.5) is 5.69 Å². The molecule has 3 nitrogen and oxygen atoms in total. The summed E-state index contributed by atoms with van der Waals surface area (Å²) in [6, 6.07) is 5.97. The first-order chi connectivity index (χ1) is 7.59. The molecular formula is C13H17NO2. The van der Waals surface area contributed by atoms with E-state index in [0.717, 1.165) is 11.3 Å². The van der Waals surface area contributed by atoms with Gasteiger partial charge in [-0.3, -0.25) is 0 Å². The Morgan fingerprint density at radius 2 is 2.12 bits per heavy atom. The third-order valence-electron chi connectivity index (χ3n) is 3.45. The highest BCUT2D eigenvalue weighted by Gasteiger charge is 2.23. The van der Waals surface area contributed by atoms with E-state index in [-0.39, 0.29) is 0 Å². The molecule has 0 aliphatic heterocycles. The van der Waals surface area contributed by atoms with E-state index in [1.807, 2.05) is 13.0 Å². The van der Waals surface area contributed by atoms with Crippen LogP contribution in [0.5, 0.6) is 0 Å². The summed E-state index contributed by atoms with van der Waals surface area (Å²) in [5.41, 5.74) is 2.55. The predicted molar refractivity (Wildman–Crippen MR) is 64.2 cm³/mol. The lowest BCUT2D eigenvalue weighted by Gasteiger charge is -2.37. The molecule has 0 aromatic heterocycles. The smallest absolute Gasteiger partial charge is 0.335 e. The van der Waals surface area contributed by atoms with Crippen LogP contribution in [-0.4, -0.2) is 24.2 Å². The number of benzene rings is 1. The van der Waals surface area contributed by atoms with Crippen LogP contribution >= 0.6 is 0 Å². The van der Waals surface area contributed by atoms with Gasteiger partial charge in [-0.2, -0.15) is 0 Å². The number of carboxylic acid groups (broad SMARTS) is 1. The van der Waals surface area contributed by atoms with Crippen LogP contribution in [0.25, 0.3) is 0 Å². The van der Waals surface area contributed by atoms with Gasteiger partial charge >= 0.3 is 5.97 Å². The highest BCUT2D eigenvalue weighted by molar-refractivity contribution is 5.88. The summed E-state index contributed by atoms with van der Waals surface area (Å²) in [5, 5.41) is 8.89. The Kier molecular flexibility index (Phi) is 2.86. The molecule has 1 aromatic rings. The molecule has 86 valence electrons. The second-order valence-corrected chi connectivity index (χ2v) is 4.50. The first-order valence-electron chi connectivity index (χ1n) is 5.66. The molecule has 16 heavy (non-hydrogen) atoms. The molecule has 1 aliphatic carbocycles. The molecule has 1 aliphatic rings. The topological polar surface area (TPSA) is 40.5 Å². The SMILES string of the molecule is Cc1cc(C(=O)O)ccc1N(C)C1CCC1. The van der Waals surface area contributed by atoms with Gasteiger partial charge in [0, 0.05) is 18.8 Å². The minimum atomic E-state index is -0.860. The van der Waals surface area contributed by atoms with Gasteiger partial charge in [0.2, 0.25) is 0 Å². The van der Waals surface area contributed by atoms with Gasteiger partial charge in [0.1, 0.15) is 0 Å². The van der Waals surface area contributed by atoms with E-state index in [4.69, 9.17) is 5.11 Å². The molecular weight excluding hydrogens is 202 g/mol. The Bertz CT molecular complexity index is 410. The quantitative estimate of drug-likeness (QED) is 0.849. The van der Waals surface area contributed by atoms with Crippen molar-refractivity contribution in [2.45, 2.75) is 32.2 Å². The van der Waals surface area contributed by atoms with Crippen molar-refractivity contribution in [3.63, 3.8) is 0 Å². The molecule has 1 fully saturated rings. The average molecular weight is 219 g/mol. The molecule has 3 heteroatoms. The van der Waals surface area contributed by atoms with Crippen LogP contribution in [0.1, 0.15) is 35.2 Å². The summed E-state index contributed by atoms with van der Waals surface area (Å²) in [6.45, 7) is 1.97. The molecule has 1 N–H and O–H groups in total. The predicted octanol–water partition coefficient (Wildman–Crippen LogP) is 2.68. The fourth-order valence-corrected chi connectivity index (χ4v) is 2.15. The van der Waals surface area contributed by atoms with Crippen molar-refractivity contribution in [1.82, 2.24) is 0 Å². The van der Waals surface area contributed by atoms with Gasteiger partial charge in [0.25, 0.3) is 0 Å². The molecule has 1 saturated carbocycles. The Morgan fingerprint density at radius 1 is 1.44 bits per heavy atom. The Hall–Kier alpha value is -1.51. The first-order valence-corrected chi connectivity index (χ1v) is 5.66. The Labute approximate surface area is 95.7 Å². The van der Waals surface area contributed by atoms with E-state index in [9.17, 15) is 4.79 Å². The molecule has 0 amide bonds. The molecule has 0 atom stereocenters. The van der Waals surface area contributed by atoms with Gasteiger partial charge < -0.3 is 10.0 Å². The molecule has 0 unspecified atom stereocenters. The number of aryl methyl sites for hydroxylation is 1. The first kappa shape index (κ1) is 11.0. The van der Waals surface area contributed by atoms with Crippen molar-refractivity contribution in [1.29, 1.82) is 0 Å². The number of nitrogens with zero attached hydrogens (tertiary/aromatic N) is 1. The number of carbonyl (C=O) groups is 1. The third-order valence-corrected chi connectivity index (χ3v) is 3.45. The number of hydrogen-bond donors (Lipinski definition) is 1. The molecule has 0 radical (unpaired) electrons. The van der Waals surface area contributed by atoms with Crippen molar-refractivity contribution in [3.05, 3.63) is 29.3 Å². The average Bonchev–Trinajstić information content (AvgIpc) is 2.14. The lowest BCUT2D eigenvalue weighted by molar-refractivity contribution is 0.0697. The van der Waals surface area contributed by atoms with Crippen molar-refractivity contribution in [2.24, 2.45) is 0 Å². The Balaban J connectivity index is 2.24. The molecule has 0 saturated heterocycles. The maximum Gasteiger partial charge on any atom is 0.335 e. The molecule has 1 aromatic carbocycles. The van der Waals surface area contributed by atoms with E-state index in [2.05, 4.69) is 11.9 Å². The zero-order chi connectivity index (χ0) is 11.7. The molecule has 0 bridgehead atoms. The van der Waals surface area contributed by atoms with Crippen molar-refractivity contribution < 1.29 is 9.90 Å². The summed E-state index contributed by atoms with van der Waals surface area (Å²) in [7, 11) is 2.09. The second-order valence-electron chi connectivity index (χ2n) is 4.50. The highest BCUT2D eigenvalue weighted by atomic mass is 16.4.